The molecule has 0 radical (unpaired) electrons. The maximum Gasteiger partial charge on any atom is 0.353 e. The molecule has 188 valence electrons. The summed E-state index contributed by atoms with van der Waals surface area (Å²) in [7, 11) is 0. The number of hydrogen-bond donors (Lipinski definition) is 2. The molecular weight excluding hydrogens is 474 g/mol. The van der Waals surface area contributed by atoms with E-state index in [1.54, 1.807) is 48.5 Å². The van der Waals surface area contributed by atoms with Crippen molar-refractivity contribution in [2.45, 2.75) is 13.8 Å². The molecule has 2 N–H and O–H groups in total. The lowest BCUT2D eigenvalue weighted by Crippen LogP contribution is -2.10. The van der Waals surface area contributed by atoms with Crippen LogP contribution in [0.15, 0.2) is 85.2 Å². The fraction of sp³-hybridized carbons (Fsp3) is 0.148. The van der Waals surface area contributed by atoms with Gasteiger partial charge in [0.25, 0.3) is 0 Å². The molecule has 0 saturated carbocycles. The van der Waals surface area contributed by atoms with Crippen LogP contribution < -0.4 is 15.4 Å². The summed E-state index contributed by atoms with van der Waals surface area (Å²) in [5.74, 6) is 1.14. The lowest BCUT2D eigenvalue weighted by atomic mass is 10.2. The third-order valence-electron chi connectivity index (χ3n) is 5.03. The fourth-order valence-electron chi connectivity index (χ4n) is 3.25. The number of ether oxygens (including phenoxy) is 2. The molecule has 1 aromatic heterocycles. The molecule has 3 aromatic carbocycles. The zero-order valence-electron chi connectivity index (χ0n) is 20.3. The van der Waals surface area contributed by atoms with Crippen molar-refractivity contribution in [1.82, 2.24) is 9.97 Å². The number of rotatable bonds is 10. The van der Waals surface area contributed by atoms with Crippen molar-refractivity contribution in [2.75, 3.05) is 17.2 Å². The third kappa shape index (κ3) is 6.79. The molecule has 4 aromatic rings. The number of benzene rings is 3. The van der Waals surface area contributed by atoms with Crippen LogP contribution in [-0.4, -0.2) is 27.5 Å². The number of nitrogens with one attached hydrogen (secondary N) is 2. The Bertz CT molecular complexity index is 1360. The van der Waals surface area contributed by atoms with E-state index >= 15 is 0 Å². The number of carbonyl (C=O) groups is 1. The molecule has 0 bridgehead atoms. The third-order valence-corrected chi connectivity index (χ3v) is 5.03. The van der Waals surface area contributed by atoms with E-state index in [-0.39, 0.29) is 23.2 Å². The molecule has 0 atom stereocenters. The summed E-state index contributed by atoms with van der Waals surface area (Å²) in [6, 6.07) is 22.7. The predicted molar refractivity (Wildman–Crippen MR) is 140 cm³/mol. The van der Waals surface area contributed by atoms with Gasteiger partial charge in [-0.25, -0.2) is 14.8 Å². The minimum atomic E-state index is -0.560. The molecule has 0 aliphatic carbocycles. The first kappa shape index (κ1) is 25.1. The Balaban J connectivity index is 1.48. The van der Waals surface area contributed by atoms with Gasteiger partial charge in [0.1, 0.15) is 17.8 Å². The monoisotopic (exact) mass is 499 g/mol. The number of nitro groups is 1. The molecule has 0 aliphatic rings. The zero-order valence-corrected chi connectivity index (χ0v) is 20.3. The lowest BCUT2D eigenvalue weighted by molar-refractivity contribution is -0.383. The van der Waals surface area contributed by atoms with Gasteiger partial charge in [0.2, 0.25) is 11.6 Å². The molecule has 0 unspecified atom stereocenters. The summed E-state index contributed by atoms with van der Waals surface area (Å²) in [6.45, 7) is 4.23. The Morgan fingerprint density at radius 2 is 1.41 bits per heavy atom. The molecule has 10 heteroatoms. The van der Waals surface area contributed by atoms with Crippen LogP contribution >= 0.6 is 0 Å². The molecule has 0 saturated heterocycles. The number of nitrogens with zero attached hydrogens (tertiary/aromatic N) is 3. The molecule has 0 amide bonds. The van der Waals surface area contributed by atoms with Crippen molar-refractivity contribution in [2.24, 2.45) is 5.92 Å². The highest BCUT2D eigenvalue weighted by Crippen LogP contribution is 2.33. The largest absolute Gasteiger partial charge is 0.462 e. The van der Waals surface area contributed by atoms with E-state index in [2.05, 4.69) is 20.6 Å². The van der Waals surface area contributed by atoms with Crippen molar-refractivity contribution in [1.29, 1.82) is 0 Å². The van der Waals surface area contributed by atoms with Gasteiger partial charge in [-0.2, -0.15) is 0 Å². The molecule has 0 aliphatic heterocycles. The molecule has 10 nitrogen and oxygen atoms in total. The standard InChI is InChI=1S/C27H25N5O5/c1-18(2)16-36-27(33)19-8-10-20(11-9-19)30-25-24(32(34)35)26(29-17-28-25)31-21-12-14-23(15-13-21)37-22-6-4-3-5-7-22/h3-15,17-18H,16H2,1-2H3,(H2,28,29,30,31). The number of carbonyl (C=O) groups excluding carboxylic acids is 1. The van der Waals surface area contributed by atoms with Crippen molar-refractivity contribution in [3.8, 4) is 11.5 Å². The van der Waals surface area contributed by atoms with Gasteiger partial charge in [0.05, 0.1) is 17.1 Å². The van der Waals surface area contributed by atoms with Crippen LogP contribution in [0.4, 0.5) is 28.7 Å². The Morgan fingerprint density at radius 3 is 1.95 bits per heavy atom. The van der Waals surface area contributed by atoms with Crippen molar-refractivity contribution in [3.05, 3.63) is 101 Å². The summed E-state index contributed by atoms with van der Waals surface area (Å²) in [6.07, 6.45) is 1.22. The first-order valence-electron chi connectivity index (χ1n) is 11.5. The Morgan fingerprint density at radius 1 is 0.865 bits per heavy atom. The SMILES string of the molecule is CC(C)COC(=O)c1ccc(Nc2ncnc(Nc3ccc(Oc4ccccc4)cc3)c2[N+](=O)[O-])cc1. The van der Waals surface area contributed by atoms with Crippen LogP contribution in [0.5, 0.6) is 11.5 Å². The summed E-state index contributed by atoms with van der Waals surface area (Å²) in [5, 5.41) is 17.8. The highest BCUT2D eigenvalue weighted by Gasteiger charge is 2.23. The molecule has 1 heterocycles. The average Bonchev–Trinajstić information content (AvgIpc) is 2.89. The highest BCUT2D eigenvalue weighted by molar-refractivity contribution is 5.90. The summed E-state index contributed by atoms with van der Waals surface area (Å²) < 4.78 is 11.0. The number of anilines is 4. The Kier molecular flexibility index (Phi) is 7.89. The van der Waals surface area contributed by atoms with E-state index in [1.165, 1.54) is 6.33 Å². The maximum absolute atomic E-state index is 12.1. The Labute approximate surface area is 213 Å². The number of hydrogen-bond acceptors (Lipinski definition) is 9. The number of para-hydroxylation sites is 1. The quantitative estimate of drug-likeness (QED) is 0.143. The summed E-state index contributed by atoms with van der Waals surface area (Å²) in [5.41, 5.74) is 1.14. The summed E-state index contributed by atoms with van der Waals surface area (Å²) in [4.78, 5) is 31.6. The molecule has 0 fully saturated rings. The van der Waals surface area contributed by atoms with Gasteiger partial charge in [-0.15, -0.1) is 0 Å². The lowest BCUT2D eigenvalue weighted by Gasteiger charge is -2.11. The fourth-order valence-corrected chi connectivity index (χ4v) is 3.25. The second-order valence-corrected chi connectivity index (χ2v) is 8.44. The van der Waals surface area contributed by atoms with Gasteiger partial charge in [0, 0.05) is 11.4 Å². The second kappa shape index (κ2) is 11.6. The van der Waals surface area contributed by atoms with Crippen LogP contribution in [0.3, 0.4) is 0 Å². The van der Waals surface area contributed by atoms with Gasteiger partial charge < -0.3 is 20.1 Å². The zero-order chi connectivity index (χ0) is 26.2. The highest BCUT2D eigenvalue weighted by atomic mass is 16.6. The minimum Gasteiger partial charge on any atom is -0.462 e. The predicted octanol–water partition coefficient (Wildman–Crippen LogP) is 6.48. The van der Waals surface area contributed by atoms with Crippen molar-refractivity contribution < 1.29 is 19.2 Å². The van der Waals surface area contributed by atoms with E-state index < -0.39 is 10.9 Å². The van der Waals surface area contributed by atoms with Crippen molar-refractivity contribution in [3.63, 3.8) is 0 Å². The molecular formula is C27H25N5O5. The van der Waals surface area contributed by atoms with Crippen LogP contribution in [0.1, 0.15) is 24.2 Å². The molecule has 0 spiro atoms. The number of esters is 1. The van der Waals surface area contributed by atoms with Crippen LogP contribution in [0, 0.1) is 16.0 Å². The maximum atomic E-state index is 12.1. The van der Waals surface area contributed by atoms with Crippen molar-refractivity contribution >= 4 is 34.7 Å². The minimum absolute atomic E-state index is 0.00154. The average molecular weight is 500 g/mol. The van der Waals surface area contributed by atoms with E-state index in [0.717, 1.165) is 0 Å². The summed E-state index contributed by atoms with van der Waals surface area (Å²) >= 11 is 0. The molecule has 4 rings (SSSR count). The topological polar surface area (TPSA) is 129 Å². The first-order chi connectivity index (χ1) is 17.9. The second-order valence-electron chi connectivity index (χ2n) is 8.44. The van der Waals surface area contributed by atoms with Crippen LogP contribution in [-0.2, 0) is 4.74 Å². The smallest absolute Gasteiger partial charge is 0.353 e. The van der Waals surface area contributed by atoms with E-state index in [1.807, 2.05) is 44.2 Å². The van der Waals surface area contributed by atoms with E-state index in [4.69, 9.17) is 9.47 Å². The van der Waals surface area contributed by atoms with Crippen LogP contribution in [0.2, 0.25) is 0 Å². The first-order valence-corrected chi connectivity index (χ1v) is 11.5. The normalized spacial score (nSPS) is 10.6. The van der Waals surface area contributed by atoms with E-state index in [9.17, 15) is 14.9 Å². The molecule has 37 heavy (non-hydrogen) atoms. The van der Waals surface area contributed by atoms with Crippen LogP contribution in [0.25, 0.3) is 0 Å². The van der Waals surface area contributed by atoms with E-state index in [0.29, 0.717) is 35.0 Å². The van der Waals surface area contributed by atoms with Gasteiger partial charge in [0.15, 0.2) is 0 Å². The van der Waals surface area contributed by atoms with Gasteiger partial charge in [-0.05, 0) is 66.6 Å². The Hall–Kier alpha value is -4.99. The van der Waals surface area contributed by atoms with Gasteiger partial charge >= 0.3 is 11.7 Å². The van der Waals surface area contributed by atoms with Gasteiger partial charge in [-0.1, -0.05) is 32.0 Å². The van der Waals surface area contributed by atoms with Gasteiger partial charge in [-0.3, -0.25) is 10.1 Å². The number of aromatic nitrogens is 2.